The number of ether oxygens (including phenoxy) is 2. The second-order valence-electron chi connectivity index (χ2n) is 6.42. The quantitative estimate of drug-likeness (QED) is 0.866. The fraction of sp³-hybridized carbons (Fsp3) is 0.300. The normalized spacial score (nSPS) is 15.4. The summed E-state index contributed by atoms with van der Waals surface area (Å²) >= 11 is 0. The molecule has 1 aliphatic heterocycles. The predicted molar refractivity (Wildman–Crippen MR) is 98.1 cm³/mol. The molecule has 136 valence electrons. The Morgan fingerprint density at radius 1 is 1.08 bits per heavy atom. The molecule has 2 aromatic carbocycles. The van der Waals surface area contributed by atoms with Gasteiger partial charge in [0, 0.05) is 18.2 Å². The van der Waals surface area contributed by atoms with Gasteiger partial charge >= 0.3 is 0 Å². The van der Waals surface area contributed by atoms with Crippen molar-refractivity contribution >= 4 is 17.5 Å². The Bertz CT molecular complexity index is 787. The minimum atomic E-state index is -0.672. The topological polar surface area (TPSA) is 76.7 Å². The van der Waals surface area contributed by atoms with Gasteiger partial charge in [0.15, 0.2) is 11.5 Å². The predicted octanol–water partition coefficient (Wildman–Crippen LogP) is 2.74. The Hall–Kier alpha value is -3.02. The van der Waals surface area contributed by atoms with Gasteiger partial charge in [-0.05, 0) is 29.8 Å². The van der Waals surface area contributed by atoms with Gasteiger partial charge in [-0.25, -0.2) is 0 Å². The average Bonchev–Trinajstić information content (AvgIpc) is 2.66. The summed E-state index contributed by atoms with van der Waals surface area (Å²) in [6.07, 6.45) is -0.672. The van der Waals surface area contributed by atoms with Crippen LogP contribution in [-0.4, -0.2) is 24.5 Å². The molecule has 6 heteroatoms. The Morgan fingerprint density at radius 2 is 1.77 bits per heavy atom. The highest BCUT2D eigenvalue weighted by Crippen LogP contribution is 2.30. The third kappa shape index (κ3) is 4.33. The highest BCUT2D eigenvalue weighted by atomic mass is 16.6. The molecule has 2 N–H and O–H groups in total. The number of nitrogens with one attached hydrogen (secondary N) is 2. The van der Waals surface area contributed by atoms with Gasteiger partial charge in [0.05, 0.1) is 0 Å². The molecule has 1 heterocycles. The van der Waals surface area contributed by atoms with Crippen LogP contribution in [-0.2, 0) is 16.1 Å². The van der Waals surface area contributed by atoms with Crippen molar-refractivity contribution in [2.75, 3.05) is 11.9 Å². The number of carbonyl (C=O) groups excluding carboxylic acids is 2. The SMILES string of the molecule is CC(C)C(=O)Nc1ccc(CNC(=O)C2COc3ccccc3O2)cc1. The molecule has 2 amide bonds. The molecular weight excluding hydrogens is 332 g/mol. The molecule has 0 saturated carbocycles. The first-order valence-electron chi connectivity index (χ1n) is 8.59. The first-order chi connectivity index (χ1) is 12.5. The van der Waals surface area contributed by atoms with Gasteiger partial charge in [-0.3, -0.25) is 9.59 Å². The van der Waals surface area contributed by atoms with Gasteiger partial charge in [-0.2, -0.15) is 0 Å². The average molecular weight is 354 g/mol. The van der Waals surface area contributed by atoms with Crippen LogP contribution in [0, 0.1) is 5.92 Å². The molecule has 3 rings (SSSR count). The number of para-hydroxylation sites is 2. The van der Waals surface area contributed by atoms with Crippen LogP contribution in [0.2, 0.25) is 0 Å². The lowest BCUT2D eigenvalue weighted by Crippen LogP contribution is -2.43. The van der Waals surface area contributed by atoms with Gasteiger partial charge in [-0.15, -0.1) is 0 Å². The zero-order chi connectivity index (χ0) is 18.5. The van der Waals surface area contributed by atoms with Crippen molar-refractivity contribution in [2.45, 2.75) is 26.5 Å². The van der Waals surface area contributed by atoms with E-state index in [-0.39, 0.29) is 24.3 Å². The van der Waals surface area contributed by atoms with Crippen molar-refractivity contribution in [1.29, 1.82) is 0 Å². The molecule has 26 heavy (non-hydrogen) atoms. The van der Waals surface area contributed by atoms with E-state index >= 15 is 0 Å². The molecule has 0 saturated heterocycles. The molecule has 0 radical (unpaired) electrons. The van der Waals surface area contributed by atoms with Crippen LogP contribution in [0.15, 0.2) is 48.5 Å². The highest BCUT2D eigenvalue weighted by molar-refractivity contribution is 5.92. The third-order valence-electron chi connectivity index (χ3n) is 4.01. The molecule has 0 aliphatic carbocycles. The second-order valence-corrected chi connectivity index (χ2v) is 6.42. The molecule has 0 bridgehead atoms. The number of hydrogen-bond donors (Lipinski definition) is 2. The molecule has 0 fully saturated rings. The van der Waals surface area contributed by atoms with Crippen molar-refractivity contribution in [1.82, 2.24) is 5.32 Å². The van der Waals surface area contributed by atoms with Crippen molar-refractivity contribution in [3.63, 3.8) is 0 Å². The molecule has 2 aromatic rings. The minimum absolute atomic E-state index is 0.0271. The number of anilines is 1. The van der Waals surface area contributed by atoms with E-state index in [1.807, 2.05) is 56.3 Å². The van der Waals surface area contributed by atoms with E-state index in [1.165, 1.54) is 0 Å². The fourth-order valence-electron chi connectivity index (χ4n) is 2.44. The van der Waals surface area contributed by atoms with Gasteiger partial charge in [0.1, 0.15) is 6.61 Å². The van der Waals surface area contributed by atoms with Crippen molar-refractivity contribution in [2.24, 2.45) is 5.92 Å². The van der Waals surface area contributed by atoms with Crippen molar-refractivity contribution in [3.8, 4) is 11.5 Å². The van der Waals surface area contributed by atoms with Crippen LogP contribution in [0.25, 0.3) is 0 Å². The van der Waals surface area contributed by atoms with Gasteiger partial charge in [-0.1, -0.05) is 38.1 Å². The van der Waals surface area contributed by atoms with Crippen LogP contribution in [0.5, 0.6) is 11.5 Å². The van der Waals surface area contributed by atoms with Crippen molar-refractivity contribution < 1.29 is 19.1 Å². The standard InChI is InChI=1S/C20H22N2O4/c1-13(2)19(23)22-15-9-7-14(8-10-15)11-21-20(24)18-12-25-16-5-3-4-6-17(16)26-18/h3-10,13,18H,11-12H2,1-2H3,(H,21,24)(H,22,23). The number of amides is 2. The Kier molecular flexibility index (Phi) is 5.41. The number of hydrogen-bond acceptors (Lipinski definition) is 4. The number of carbonyl (C=O) groups is 2. The molecule has 6 nitrogen and oxygen atoms in total. The van der Waals surface area contributed by atoms with E-state index in [2.05, 4.69) is 10.6 Å². The molecular formula is C20H22N2O4. The van der Waals surface area contributed by atoms with Gasteiger partial charge in [0.25, 0.3) is 5.91 Å². The molecule has 1 aliphatic rings. The van der Waals surface area contributed by atoms with Crippen LogP contribution in [0.1, 0.15) is 19.4 Å². The molecule has 1 atom stereocenters. The lowest BCUT2D eigenvalue weighted by Gasteiger charge is -2.25. The molecule has 0 spiro atoms. The van der Waals surface area contributed by atoms with Crippen molar-refractivity contribution in [3.05, 3.63) is 54.1 Å². The van der Waals surface area contributed by atoms with Crippen LogP contribution < -0.4 is 20.1 Å². The Balaban J connectivity index is 1.51. The maximum absolute atomic E-state index is 12.3. The Labute approximate surface area is 152 Å². The summed E-state index contributed by atoms with van der Waals surface area (Å²) in [6, 6.07) is 14.6. The number of fused-ring (bicyclic) bond motifs is 1. The minimum Gasteiger partial charge on any atom is -0.485 e. The summed E-state index contributed by atoms with van der Waals surface area (Å²) < 4.78 is 11.2. The summed E-state index contributed by atoms with van der Waals surface area (Å²) in [7, 11) is 0. The van der Waals surface area contributed by atoms with Gasteiger partial charge in [0.2, 0.25) is 12.0 Å². The fourth-order valence-corrected chi connectivity index (χ4v) is 2.44. The van der Waals surface area contributed by atoms with Gasteiger partial charge < -0.3 is 20.1 Å². The summed E-state index contributed by atoms with van der Waals surface area (Å²) in [5.41, 5.74) is 1.66. The zero-order valence-electron chi connectivity index (χ0n) is 14.8. The number of benzene rings is 2. The largest absolute Gasteiger partial charge is 0.485 e. The number of rotatable bonds is 5. The first-order valence-corrected chi connectivity index (χ1v) is 8.59. The highest BCUT2D eigenvalue weighted by Gasteiger charge is 2.26. The lowest BCUT2D eigenvalue weighted by molar-refractivity contribution is -0.130. The van der Waals surface area contributed by atoms with E-state index in [9.17, 15) is 9.59 Å². The molecule has 0 aromatic heterocycles. The molecule has 1 unspecified atom stereocenters. The van der Waals surface area contributed by atoms with E-state index < -0.39 is 6.10 Å². The van der Waals surface area contributed by atoms with E-state index in [4.69, 9.17) is 9.47 Å². The zero-order valence-corrected chi connectivity index (χ0v) is 14.8. The van der Waals surface area contributed by atoms with Crippen LogP contribution in [0.4, 0.5) is 5.69 Å². The van der Waals surface area contributed by atoms with E-state index in [0.717, 1.165) is 11.3 Å². The lowest BCUT2D eigenvalue weighted by atomic mass is 10.1. The van der Waals surface area contributed by atoms with E-state index in [0.29, 0.717) is 18.0 Å². The summed E-state index contributed by atoms with van der Waals surface area (Å²) in [6.45, 7) is 4.24. The Morgan fingerprint density at radius 3 is 2.46 bits per heavy atom. The second kappa shape index (κ2) is 7.91. The summed E-state index contributed by atoms with van der Waals surface area (Å²) in [5, 5.41) is 5.68. The third-order valence-corrected chi connectivity index (χ3v) is 4.01. The first kappa shape index (κ1) is 17.8. The van der Waals surface area contributed by atoms with Crippen LogP contribution >= 0.6 is 0 Å². The maximum atomic E-state index is 12.3. The van der Waals surface area contributed by atoms with E-state index in [1.54, 1.807) is 6.07 Å². The smallest absolute Gasteiger partial charge is 0.264 e. The maximum Gasteiger partial charge on any atom is 0.264 e. The summed E-state index contributed by atoms with van der Waals surface area (Å²) in [4.78, 5) is 24.0. The monoisotopic (exact) mass is 354 g/mol. The van der Waals surface area contributed by atoms with Crippen LogP contribution in [0.3, 0.4) is 0 Å². The summed E-state index contributed by atoms with van der Waals surface area (Å²) in [5.74, 6) is 0.897.